The number of hydrogen-bond donors (Lipinski definition) is 1. The fourth-order valence-electron chi connectivity index (χ4n) is 3.31. The number of fused-ring (bicyclic) bond motifs is 1. The van der Waals surface area contributed by atoms with Crippen LogP contribution in [0.15, 0.2) is 99.1 Å². The van der Waals surface area contributed by atoms with E-state index in [0.717, 1.165) is 17.8 Å². The summed E-state index contributed by atoms with van der Waals surface area (Å²) >= 11 is 1.06. The van der Waals surface area contributed by atoms with Gasteiger partial charge in [0, 0.05) is 23.9 Å². The molecule has 14 heteroatoms. The Bertz CT molecular complexity index is 1720. The number of nitro benzene ring substituents is 1. The number of nitrogens with one attached hydrogen (secondary N) is 1. The molecule has 0 saturated heterocycles. The van der Waals surface area contributed by atoms with Crippen molar-refractivity contribution in [1.29, 1.82) is 0 Å². The molecule has 0 aliphatic heterocycles. The fourth-order valence-corrected chi connectivity index (χ4v) is 4.18. The molecule has 3 aromatic heterocycles. The molecule has 5 rings (SSSR count). The molecule has 0 radical (unpaired) electrons. The van der Waals surface area contributed by atoms with Gasteiger partial charge in [0.1, 0.15) is 10.7 Å². The molecule has 0 fully saturated rings. The molecule has 182 valence electrons. The van der Waals surface area contributed by atoms with Crippen LogP contribution in [0.1, 0.15) is 15.9 Å². The summed E-state index contributed by atoms with van der Waals surface area (Å²) in [7, 11) is 0. The van der Waals surface area contributed by atoms with Crippen molar-refractivity contribution in [1.82, 2.24) is 35.0 Å². The normalized spacial score (nSPS) is 11.1. The first-order valence-electron chi connectivity index (χ1n) is 10.6. The second-order valence-corrected chi connectivity index (χ2v) is 8.34. The molecule has 2 aromatic carbocycles. The van der Waals surface area contributed by atoms with Gasteiger partial charge in [0.2, 0.25) is 5.16 Å². The van der Waals surface area contributed by atoms with E-state index in [1.807, 2.05) is 30.3 Å². The molecular formula is C23H15N9O4S. The Kier molecular flexibility index (Phi) is 6.46. The lowest BCUT2D eigenvalue weighted by Gasteiger charge is -2.08. The summed E-state index contributed by atoms with van der Waals surface area (Å²) in [6.45, 7) is 0. The Balaban J connectivity index is 1.49. The standard InChI is InChI=1S/C23H15N9O4S/c33-20(15-7-6-10-17(13-15)32(35)36)26-24-14-18-21(25-19-11-4-5-12-30(19)22(18)34)37-23-27-28-29-31(23)16-8-2-1-3-9-16/h1-14H,(H,26,33)/b24-14+. The Morgan fingerprint density at radius 2 is 1.89 bits per heavy atom. The minimum absolute atomic E-state index is 0.0383. The van der Waals surface area contributed by atoms with Crippen LogP contribution in [0.4, 0.5) is 5.69 Å². The van der Waals surface area contributed by atoms with Crippen LogP contribution in [0.5, 0.6) is 0 Å². The van der Waals surface area contributed by atoms with Gasteiger partial charge in [0.15, 0.2) is 0 Å². The van der Waals surface area contributed by atoms with Crippen molar-refractivity contribution < 1.29 is 9.72 Å². The molecule has 13 nitrogen and oxygen atoms in total. The van der Waals surface area contributed by atoms with Gasteiger partial charge in [-0.1, -0.05) is 30.3 Å². The first kappa shape index (κ1) is 23.5. The lowest BCUT2D eigenvalue weighted by Crippen LogP contribution is -2.23. The predicted molar refractivity (Wildman–Crippen MR) is 133 cm³/mol. The van der Waals surface area contributed by atoms with Crippen molar-refractivity contribution in [2.45, 2.75) is 10.2 Å². The Hall–Kier alpha value is -5.24. The first-order chi connectivity index (χ1) is 18.0. The zero-order valence-corrected chi connectivity index (χ0v) is 19.5. The van der Waals surface area contributed by atoms with E-state index in [2.05, 4.69) is 31.0 Å². The number of rotatable bonds is 7. The second kappa shape index (κ2) is 10.2. The average Bonchev–Trinajstić information content (AvgIpc) is 3.39. The highest BCUT2D eigenvalue weighted by Gasteiger charge is 2.18. The second-order valence-electron chi connectivity index (χ2n) is 7.38. The summed E-state index contributed by atoms with van der Waals surface area (Å²) < 4.78 is 2.85. The average molecular weight is 513 g/mol. The van der Waals surface area contributed by atoms with Crippen LogP contribution in [-0.4, -0.2) is 46.6 Å². The maximum atomic E-state index is 13.3. The number of nitrogens with zero attached hydrogens (tertiary/aromatic N) is 8. The van der Waals surface area contributed by atoms with Crippen molar-refractivity contribution in [3.63, 3.8) is 0 Å². The molecule has 0 unspecified atom stereocenters. The number of non-ortho nitro benzene ring substituents is 1. The minimum atomic E-state index is -0.684. The van der Waals surface area contributed by atoms with Crippen LogP contribution in [0.3, 0.4) is 0 Å². The highest BCUT2D eigenvalue weighted by Crippen LogP contribution is 2.27. The Labute approximate surface area is 211 Å². The zero-order chi connectivity index (χ0) is 25.8. The van der Waals surface area contributed by atoms with Crippen LogP contribution in [0, 0.1) is 10.1 Å². The first-order valence-corrected chi connectivity index (χ1v) is 11.4. The van der Waals surface area contributed by atoms with Gasteiger partial charge in [0.05, 0.1) is 22.4 Å². The van der Waals surface area contributed by atoms with Crippen molar-refractivity contribution >= 4 is 35.2 Å². The number of amides is 1. The molecule has 5 aromatic rings. The molecule has 1 N–H and O–H groups in total. The summed E-state index contributed by atoms with van der Waals surface area (Å²) in [6, 6.07) is 19.5. The van der Waals surface area contributed by atoms with Crippen LogP contribution in [0.2, 0.25) is 0 Å². The van der Waals surface area contributed by atoms with Gasteiger partial charge in [-0.25, -0.2) is 10.4 Å². The molecule has 0 aliphatic rings. The van der Waals surface area contributed by atoms with E-state index in [0.29, 0.717) is 16.5 Å². The summed E-state index contributed by atoms with van der Waals surface area (Å²) in [5, 5.41) is 27.3. The van der Waals surface area contributed by atoms with Crippen molar-refractivity contribution in [3.05, 3.63) is 111 Å². The van der Waals surface area contributed by atoms with Crippen LogP contribution in [0.25, 0.3) is 11.3 Å². The lowest BCUT2D eigenvalue weighted by atomic mass is 10.2. The fraction of sp³-hybridized carbons (Fsp3) is 0. The zero-order valence-electron chi connectivity index (χ0n) is 18.7. The molecule has 37 heavy (non-hydrogen) atoms. The quantitative estimate of drug-likeness (QED) is 0.149. The summed E-state index contributed by atoms with van der Waals surface area (Å²) in [5.74, 6) is -0.684. The number of carbonyl (C=O) groups is 1. The molecular weight excluding hydrogens is 498 g/mol. The number of benzene rings is 2. The molecule has 1 amide bonds. The monoisotopic (exact) mass is 513 g/mol. The Morgan fingerprint density at radius 3 is 2.70 bits per heavy atom. The van der Waals surface area contributed by atoms with Gasteiger partial charge in [-0.2, -0.15) is 9.78 Å². The van der Waals surface area contributed by atoms with E-state index < -0.39 is 16.4 Å². The lowest BCUT2D eigenvalue weighted by molar-refractivity contribution is -0.384. The summed E-state index contributed by atoms with van der Waals surface area (Å²) in [6.07, 6.45) is 2.73. The number of nitro groups is 1. The van der Waals surface area contributed by atoms with Crippen LogP contribution >= 0.6 is 11.8 Å². The van der Waals surface area contributed by atoms with E-state index in [9.17, 15) is 19.7 Å². The maximum absolute atomic E-state index is 13.3. The largest absolute Gasteiger partial charge is 0.271 e. The third kappa shape index (κ3) is 4.94. The van der Waals surface area contributed by atoms with Gasteiger partial charge in [-0.15, -0.1) is 5.10 Å². The van der Waals surface area contributed by atoms with Crippen molar-refractivity contribution in [2.24, 2.45) is 5.10 Å². The summed E-state index contributed by atoms with van der Waals surface area (Å²) in [4.78, 5) is 40.7. The topological polar surface area (TPSA) is 163 Å². The van der Waals surface area contributed by atoms with Gasteiger partial charge >= 0.3 is 0 Å². The van der Waals surface area contributed by atoms with E-state index in [-0.39, 0.29) is 21.8 Å². The molecule has 3 heterocycles. The number of hydrazone groups is 1. The third-order valence-corrected chi connectivity index (χ3v) is 5.98. The van der Waals surface area contributed by atoms with Crippen LogP contribution < -0.4 is 11.0 Å². The van der Waals surface area contributed by atoms with Gasteiger partial charge in [-0.3, -0.25) is 24.1 Å². The summed E-state index contributed by atoms with van der Waals surface area (Å²) in [5.41, 5.74) is 2.85. The number of aromatic nitrogens is 6. The molecule has 0 atom stereocenters. The van der Waals surface area contributed by atoms with Gasteiger partial charge in [-0.05, 0) is 52.5 Å². The van der Waals surface area contributed by atoms with Crippen LogP contribution in [-0.2, 0) is 0 Å². The predicted octanol–water partition coefficient (Wildman–Crippen LogP) is 2.49. The van der Waals surface area contributed by atoms with Gasteiger partial charge < -0.3 is 0 Å². The van der Waals surface area contributed by atoms with E-state index in [1.54, 1.807) is 24.4 Å². The smallest absolute Gasteiger partial charge is 0.268 e. The maximum Gasteiger partial charge on any atom is 0.271 e. The molecule has 0 bridgehead atoms. The highest BCUT2D eigenvalue weighted by molar-refractivity contribution is 7.99. The van der Waals surface area contributed by atoms with Crippen molar-refractivity contribution in [2.75, 3.05) is 0 Å². The van der Waals surface area contributed by atoms with E-state index >= 15 is 0 Å². The number of hydrogen-bond acceptors (Lipinski definition) is 10. The SMILES string of the molecule is O=C(N/N=C/c1c(Sc2nnnn2-c2ccccc2)nc2ccccn2c1=O)c1cccc([N+](=O)[O-])c1. The number of tetrazole rings is 1. The van der Waals surface area contributed by atoms with E-state index in [1.165, 1.54) is 33.5 Å². The van der Waals surface area contributed by atoms with E-state index in [4.69, 9.17) is 0 Å². The number of pyridine rings is 1. The molecule has 0 spiro atoms. The van der Waals surface area contributed by atoms with Gasteiger partial charge in [0.25, 0.3) is 17.2 Å². The highest BCUT2D eigenvalue weighted by atomic mass is 32.2. The number of carbonyl (C=O) groups excluding carboxylic acids is 1. The number of para-hydroxylation sites is 1. The third-order valence-electron chi connectivity index (χ3n) is 5.04. The van der Waals surface area contributed by atoms with Crippen molar-refractivity contribution in [3.8, 4) is 5.69 Å². The molecule has 0 saturated carbocycles. The minimum Gasteiger partial charge on any atom is -0.268 e. The Morgan fingerprint density at radius 1 is 1.08 bits per heavy atom. The molecule has 0 aliphatic carbocycles.